The minimum absolute atomic E-state index is 0.334. The number of H-pyrrole nitrogens is 1. The first-order valence-corrected chi connectivity index (χ1v) is 7.64. The predicted molar refractivity (Wildman–Crippen MR) is 89.6 cm³/mol. The molecule has 2 rings (SSSR count). The lowest BCUT2D eigenvalue weighted by Gasteiger charge is -2.01. The van der Waals surface area contributed by atoms with Gasteiger partial charge in [-0.05, 0) is 67.6 Å². The summed E-state index contributed by atoms with van der Waals surface area (Å²) in [4.78, 5) is 15.0. The van der Waals surface area contributed by atoms with Crippen LogP contribution in [0.2, 0.25) is 0 Å². The van der Waals surface area contributed by atoms with E-state index < -0.39 is 0 Å². The fraction of sp³-hybridized carbons (Fsp3) is 0.267. The number of nitrogens with zero attached hydrogens (tertiary/aromatic N) is 2. The molecule has 0 amide bonds. The van der Waals surface area contributed by atoms with Crippen LogP contribution in [0.15, 0.2) is 34.5 Å². The maximum atomic E-state index is 11.9. The highest BCUT2D eigenvalue weighted by Crippen LogP contribution is 2.27. The Labute approximate surface area is 137 Å². The number of azo groups is 1. The van der Waals surface area contributed by atoms with Crippen LogP contribution >= 0.6 is 22.6 Å². The second kappa shape index (κ2) is 6.84. The van der Waals surface area contributed by atoms with Gasteiger partial charge in [0.1, 0.15) is 0 Å². The molecular weight excluding hydrogens is 381 g/mol. The Morgan fingerprint density at radius 1 is 1.24 bits per heavy atom. The lowest BCUT2D eigenvalue weighted by molar-refractivity contribution is 0.0525. The molecule has 0 saturated heterocycles. The molecule has 1 aromatic carbocycles. The first-order chi connectivity index (χ1) is 10.0. The summed E-state index contributed by atoms with van der Waals surface area (Å²) in [5, 5.41) is 8.37. The number of hydrogen-bond donors (Lipinski definition) is 1. The van der Waals surface area contributed by atoms with Gasteiger partial charge < -0.3 is 9.72 Å². The Bertz CT molecular complexity index is 675. The molecule has 2 aromatic rings. The topological polar surface area (TPSA) is 66.8 Å². The van der Waals surface area contributed by atoms with Crippen molar-refractivity contribution in [2.75, 3.05) is 6.61 Å². The first-order valence-electron chi connectivity index (χ1n) is 6.56. The largest absolute Gasteiger partial charge is 0.462 e. The van der Waals surface area contributed by atoms with E-state index in [2.05, 4.69) is 37.8 Å². The lowest BCUT2D eigenvalue weighted by atomic mass is 10.1. The summed E-state index contributed by atoms with van der Waals surface area (Å²) < 4.78 is 6.19. The van der Waals surface area contributed by atoms with Crippen molar-refractivity contribution in [1.29, 1.82) is 0 Å². The molecule has 0 unspecified atom stereocenters. The number of carbonyl (C=O) groups excluding carboxylic acids is 1. The van der Waals surface area contributed by atoms with E-state index in [1.807, 2.05) is 38.1 Å². The van der Waals surface area contributed by atoms with E-state index in [4.69, 9.17) is 4.74 Å². The monoisotopic (exact) mass is 397 g/mol. The number of ether oxygens (including phenoxy) is 1. The van der Waals surface area contributed by atoms with Crippen molar-refractivity contribution in [3.05, 3.63) is 44.7 Å². The van der Waals surface area contributed by atoms with Crippen molar-refractivity contribution in [2.45, 2.75) is 20.8 Å². The van der Waals surface area contributed by atoms with E-state index in [-0.39, 0.29) is 5.97 Å². The average molecular weight is 397 g/mol. The van der Waals surface area contributed by atoms with Gasteiger partial charge in [0.05, 0.1) is 17.9 Å². The van der Waals surface area contributed by atoms with E-state index in [0.29, 0.717) is 18.0 Å². The molecule has 0 aliphatic carbocycles. The van der Waals surface area contributed by atoms with Crippen LogP contribution in [0.4, 0.5) is 11.5 Å². The molecule has 1 heterocycles. The van der Waals surface area contributed by atoms with E-state index >= 15 is 0 Å². The quantitative estimate of drug-likeness (QED) is 0.456. The van der Waals surface area contributed by atoms with Crippen molar-refractivity contribution < 1.29 is 9.53 Å². The van der Waals surface area contributed by atoms with Crippen LogP contribution in [-0.2, 0) is 4.74 Å². The Kier molecular flexibility index (Phi) is 5.11. The molecule has 1 aromatic heterocycles. The van der Waals surface area contributed by atoms with Crippen molar-refractivity contribution in [3.8, 4) is 0 Å². The lowest BCUT2D eigenvalue weighted by Crippen LogP contribution is -2.06. The van der Waals surface area contributed by atoms with E-state index in [0.717, 1.165) is 20.5 Å². The number of nitrogens with one attached hydrogen (secondary N) is 1. The van der Waals surface area contributed by atoms with Gasteiger partial charge in [-0.2, -0.15) is 0 Å². The number of rotatable bonds is 4. The summed E-state index contributed by atoms with van der Waals surface area (Å²) in [6, 6.07) is 7.71. The first kappa shape index (κ1) is 15.7. The molecule has 110 valence electrons. The third-order valence-corrected chi connectivity index (χ3v) is 3.70. The summed E-state index contributed by atoms with van der Waals surface area (Å²) in [5.74, 6) is 0.244. The normalized spacial score (nSPS) is 11.0. The molecule has 6 heteroatoms. The minimum atomic E-state index is -0.334. The van der Waals surface area contributed by atoms with Crippen molar-refractivity contribution >= 4 is 40.1 Å². The van der Waals surface area contributed by atoms with E-state index in [9.17, 15) is 4.79 Å². The molecule has 0 bridgehead atoms. The van der Waals surface area contributed by atoms with Gasteiger partial charge in [-0.25, -0.2) is 4.79 Å². The number of aromatic nitrogens is 1. The summed E-state index contributed by atoms with van der Waals surface area (Å²) in [6.45, 7) is 5.79. The van der Waals surface area contributed by atoms with Crippen LogP contribution in [0.25, 0.3) is 0 Å². The molecular formula is C15H16IN3O2. The van der Waals surface area contributed by atoms with Gasteiger partial charge in [0.15, 0.2) is 5.82 Å². The fourth-order valence-corrected chi connectivity index (χ4v) is 2.32. The zero-order valence-electron chi connectivity index (χ0n) is 12.1. The smallest absolute Gasteiger partial charge is 0.340 e. The molecule has 5 nitrogen and oxygen atoms in total. The maximum Gasteiger partial charge on any atom is 0.340 e. The van der Waals surface area contributed by atoms with Gasteiger partial charge in [-0.15, -0.1) is 10.2 Å². The van der Waals surface area contributed by atoms with Gasteiger partial charge in [-0.1, -0.05) is 0 Å². The van der Waals surface area contributed by atoms with Crippen molar-refractivity contribution in [1.82, 2.24) is 4.98 Å². The van der Waals surface area contributed by atoms with Crippen LogP contribution in [0, 0.1) is 17.4 Å². The molecule has 0 radical (unpaired) electrons. The molecule has 21 heavy (non-hydrogen) atoms. The minimum Gasteiger partial charge on any atom is -0.462 e. The van der Waals surface area contributed by atoms with E-state index in [1.54, 1.807) is 6.92 Å². The molecule has 1 N–H and O–H groups in total. The van der Waals surface area contributed by atoms with Gasteiger partial charge in [0.2, 0.25) is 0 Å². The molecule has 0 atom stereocenters. The van der Waals surface area contributed by atoms with Crippen LogP contribution < -0.4 is 0 Å². The molecule has 0 spiro atoms. The van der Waals surface area contributed by atoms with Crippen LogP contribution in [0.3, 0.4) is 0 Å². The number of carbonyl (C=O) groups is 1. The summed E-state index contributed by atoms with van der Waals surface area (Å²) in [5.41, 5.74) is 2.79. The Balaban J connectivity index is 2.27. The number of benzene rings is 1. The third kappa shape index (κ3) is 3.69. The van der Waals surface area contributed by atoms with Crippen LogP contribution in [0.5, 0.6) is 0 Å². The highest BCUT2D eigenvalue weighted by atomic mass is 127. The summed E-state index contributed by atoms with van der Waals surface area (Å²) in [7, 11) is 0. The predicted octanol–water partition coefficient (Wildman–Crippen LogP) is 4.83. The summed E-state index contributed by atoms with van der Waals surface area (Å²) >= 11 is 2.23. The highest BCUT2D eigenvalue weighted by Gasteiger charge is 2.19. The van der Waals surface area contributed by atoms with Crippen LogP contribution in [0.1, 0.15) is 28.5 Å². The third-order valence-electron chi connectivity index (χ3n) is 2.98. The molecule has 0 saturated carbocycles. The van der Waals surface area contributed by atoms with Gasteiger partial charge in [-0.3, -0.25) is 0 Å². The Hall–Kier alpha value is -1.70. The Morgan fingerprint density at radius 3 is 2.52 bits per heavy atom. The number of aromatic amines is 1. The maximum absolute atomic E-state index is 11.9. The number of esters is 1. The second-order valence-electron chi connectivity index (χ2n) is 4.50. The van der Waals surface area contributed by atoms with Gasteiger partial charge in [0, 0.05) is 14.8 Å². The standard InChI is InChI=1S/C15H16IN3O2/c1-4-21-15(20)13-9(2)14(17-10(13)3)19-18-12-7-5-11(16)6-8-12/h5-8,17H,4H2,1-3H3. The molecule has 0 aliphatic rings. The summed E-state index contributed by atoms with van der Waals surface area (Å²) in [6.07, 6.45) is 0. The number of aryl methyl sites for hydroxylation is 1. The van der Waals surface area contributed by atoms with Gasteiger partial charge in [0.25, 0.3) is 0 Å². The van der Waals surface area contributed by atoms with Crippen molar-refractivity contribution in [3.63, 3.8) is 0 Å². The highest BCUT2D eigenvalue weighted by molar-refractivity contribution is 14.1. The van der Waals surface area contributed by atoms with Gasteiger partial charge >= 0.3 is 5.97 Å². The SMILES string of the molecule is CCOC(=O)c1c(C)[nH]c(N=Nc2ccc(I)cc2)c1C. The molecule has 0 fully saturated rings. The zero-order chi connectivity index (χ0) is 15.4. The van der Waals surface area contributed by atoms with Crippen molar-refractivity contribution in [2.24, 2.45) is 10.2 Å². The number of hydrogen-bond acceptors (Lipinski definition) is 4. The Morgan fingerprint density at radius 2 is 1.90 bits per heavy atom. The average Bonchev–Trinajstić information content (AvgIpc) is 2.73. The zero-order valence-corrected chi connectivity index (χ0v) is 14.3. The molecule has 0 aliphatic heterocycles. The fourth-order valence-electron chi connectivity index (χ4n) is 1.96. The van der Waals surface area contributed by atoms with Crippen LogP contribution in [-0.4, -0.2) is 17.6 Å². The second-order valence-corrected chi connectivity index (χ2v) is 5.74. The van der Waals surface area contributed by atoms with E-state index in [1.165, 1.54) is 0 Å². The number of halogens is 1.